The minimum atomic E-state index is -0.638. The molecule has 25 heavy (non-hydrogen) atoms. The maximum atomic E-state index is 12.0. The second-order valence-corrected chi connectivity index (χ2v) is 7.27. The molecule has 0 unspecified atom stereocenters. The highest BCUT2D eigenvalue weighted by Gasteiger charge is 2.19. The van der Waals surface area contributed by atoms with Gasteiger partial charge in [-0.3, -0.25) is 10.6 Å². The van der Waals surface area contributed by atoms with Gasteiger partial charge in [-0.2, -0.15) is 5.48 Å². The average Bonchev–Trinajstić information content (AvgIpc) is 2.37. The van der Waals surface area contributed by atoms with Gasteiger partial charge in [0.2, 0.25) is 0 Å². The minimum absolute atomic E-state index is 0.331. The lowest BCUT2D eigenvalue weighted by Crippen LogP contribution is -2.28. The zero-order chi connectivity index (χ0) is 19.3. The third kappa shape index (κ3) is 8.25. The van der Waals surface area contributed by atoms with Gasteiger partial charge in [0.15, 0.2) is 5.75 Å². The summed E-state index contributed by atoms with van der Waals surface area (Å²) in [4.78, 5) is 29.1. The monoisotopic (exact) mass is 353 g/mol. The Morgan fingerprint density at radius 1 is 0.880 bits per heavy atom. The van der Waals surface area contributed by atoms with Crippen molar-refractivity contribution in [2.24, 2.45) is 0 Å². The molecule has 0 radical (unpaired) electrons. The quantitative estimate of drug-likeness (QED) is 0.710. The molecule has 1 aromatic carbocycles. The molecular weight excluding hydrogens is 326 g/mol. The molecule has 2 amide bonds. The van der Waals surface area contributed by atoms with Crippen LogP contribution in [0.2, 0.25) is 0 Å². The van der Waals surface area contributed by atoms with Crippen molar-refractivity contribution in [2.45, 2.75) is 52.7 Å². The summed E-state index contributed by atoms with van der Waals surface area (Å²) in [6.45, 7) is 10.6. The predicted molar refractivity (Wildman–Crippen MR) is 95.8 cm³/mol. The third-order valence-corrected chi connectivity index (χ3v) is 2.47. The van der Waals surface area contributed by atoms with Crippen LogP contribution in [0.4, 0.5) is 21.0 Å². The van der Waals surface area contributed by atoms with Crippen molar-refractivity contribution < 1.29 is 23.9 Å². The second-order valence-electron chi connectivity index (χ2n) is 7.27. The Morgan fingerprint density at radius 3 is 1.88 bits per heavy atom. The molecule has 0 aliphatic carbocycles. The largest absolute Gasteiger partial charge is 0.444 e. The maximum absolute atomic E-state index is 12.0. The fraction of sp³-hybridized carbons (Fsp3) is 0.529. The van der Waals surface area contributed by atoms with E-state index in [2.05, 4.69) is 16.1 Å². The van der Waals surface area contributed by atoms with Crippen LogP contribution in [-0.4, -0.2) is 30.4 Å². The number of hydrogen-bond donors (Lipinski definition) is 3. The van der Waals surface area contributed by atoms with Gasteiger partial charge in [0.25, 0.3) is 0 Å². The van der Waals surface area contributed by atoms with Crippen molar-refractivity contribution >= 4 is 23.6 Å². The fourth-order valence-electron chi connectivity index (χ4n) is 1.74. The van der Waals surface area contributed by atoms with Crippen LogP contribution in [0.15, 0.2) is 18.2 Å². The topological polar surface area (TPSA) is 97.9 Å². The Bertz CT molecular complexity index is 618. The molecule has 140 valence electrons. The molecule has 0 spiro atoms. The Hall–Kier alpha value is -2.48. The number of carbonyl (C=O) groups is 2. The first-order valence-corrected chi connectivity index (χ1v) is 7.87. The lowest BCUT2D eigenvalue weighted by atomic mass is 10.2. The van der Waals surface area contributed by atoms with Crippen molar-refractivity contribution in [1.29, 1.82) is 0 Å². The summed E-state index contributed by atoms with van der Waals surface area (Å²) in [5.74, 6) is 0.364. The number of amides is 2. The van der Waals surface area contributed by atoms with Gasteiger partial charge in [0.1, 0.15) is 11.2 Å². The molecule has 0 heterocycles. The molecule has 0 saturated carbocycles. The lowest BCUT2D eigenvalue weighted by Gasteiger charge is -2.21. The summed E-state index contributed by atoms with van der Waals surface area (Å²) in [6, 6.07) is 4.76. The number of benzene rings is 1. The molecule has 3 N–H and O–H groups in total. The molecule has 0 aliphatic rings. The van der Waals surface area contributed by atoms with Crippen molar-refractivity contribution in [3.63, 3.8) is 0 Å². The van der Waals surface area contributed by atoms with Gasteiger partial charge in [-0.1, -0.05) is 0 Å². The van der Waals surface area contributed by atoms with Gasteiger partial charge in [0, 0.05) is 12.7 Å². The second kappa shape index (κ2) is 8.06. The molecule has 0 fully saturated rings. The number of carbonyl (C=O) groups excluding carboxylic acids is 2. The average molecular weight is 353 g/mol. The van der Waals surface area contributed by atoms with Gasteiger partial charge in [-0.15, -0.1) is 0 Å². The van der Waals surface area contributed by atoms with E-state index >= 15 is 0 Å². The van der Waals surface area contributed by atoms with Crippen LogP contribution < -0.4 is 21.0 Å². The van der Waals surface area contributed by atoms with Crippen LogP contribution in [-0.2, 0) is 9.47 Å². The van der Waals surface area contributed by atoms with Crippen LogP contribution in [0.3, 0.4) is 0 Å². The van der Waals surface area contributed by atoms with Crippen molar-refractivity contribution in [1.82, 2.24) is 5.48 Å². The summed E-state index contributed by atoms with van der Waals surface area (Å²) >= 11 is 0. The molecule has 0 aromatic heterocycles. The number of rotatable bonds is 4. The highest BCUT2D eigenvalue weighted by molar-refractivity contribution is 5.90. The van der Waals surface area contributed by atoms with Gasteiger partial charge >= 0.3 is 12.2 Å². The summed E-state index contributed by atoms with van der Waals surface area (Å²) in [5.41, 5.74) is 2.05. The SMILES string of the molecule is CNOc1ccc(NC(=O)OC(C)(C)C)cc1NC(=O)OC(C)(C)C. The summed E-state index contributed by atoms with van der Waals surface area (Å²) in [5, 5.41) is 5.20. The van der Waals surface area contributed by atoms with E-state index in [4.69, 9.17) is 14.3 Å². The van der Waals surface area contributed by atoms with E-state index in [1.54, 1.807) is 66.8 Å². The smallest absolute Gasteiger partial charge is 0.412 e. The maximum Gasteiger partial charge on any atom is 0.412 e. The van der Waals surface area contributed by atoms with Crippen LogP contribution in [0.5, 0.6) is 5.75 Å². The Kier molecular flexibility index (Phi) is 6.63. The van der Waals surface area contributed by atoms with E-state index in [0.717, 1.165) is 0 Å². The fourth-order valence-corrected chi connectivity index (χ4v) is 1.74. The first kappa shape index (κ1) is 20.6. The number of ether oxygens (including phenoxy) is 2. The molecule has 8 heteroatoms. The van der Waals surface area contributed by atoms with E-state index in [-0.39, 0.29) is 0 Å². The zero-order valence-electron chi connectivity index (χ0n) is 15.8. The molecule has 0 aliphatic heterocycles. The summed E-state index contributed by atoms with van der Waals surface area (Å²) in [7, 11) is 1.59. The summed E-state index contributed by atoms with van der Waals surface area (Å²) in [6.07, 6.45) is -1.24. The molecule has 0 saturated heterocycles. The lowest BCUT2D eigenvalue weighted by molar-refractivity contribution is 0.0625. The molecule has 1 aromatic rings. The molecular formula is C17H27N3O5. The molecule has 0 atom stereocenters. The Balaban J connectivity index is 2.93. The van der Waals surface area contributed by atoms with Gasteiger partial charge in [-0.25, -0.2) is 9.59 Å². The van der Waals surface area contributed by atoms with Gasteiger partial charge < -0.3 is 14.3 Å². The number of hydroxylamine groups is 1. The van der Waals surface area contributed by atoms with Crippen molar-refractivity contribution in [3.05, 3.63) is 18.2 Å². The number of anilines is 2. The highest BCUT2D eigenvalue weighted by Crippen LogP contribution is 2.28. The zero-order valence-corrected chi connectivity index (χ0v) is 15.8. The normalized spacial score (nSPS) is 11.5. The van der Waals surface area contributed by atoms with Crippen LogP contribution in [0, 0.1) is 0 Å². The molecule has 8 nitrogen and oxygen atoms in total. The van der Waals surface area contributed by atoms with Crippen LogP contribution >= 0.6 is 0 Å². The van der Waals surface area contributed by atoms with Gasteiger partial charge in [0.05, 0.1) is 5.69 Å². The number of nitrogens with one attached hydrogen (secondary N) is 3. The Labute approximate surface area is 148 Å². The summed E-state index contributed by atoms with van der Waals surface area (Å²) < 4.78 is 10.4. The molecule has 0 bridgehead atoms. The van der Waals surface area contributed by atoms with E-state index in [1.807, 2.05) is 0 Å². The highest BCUT2D eigenvalue weighted by atomic mass is 16.6. The predicted octanol–water partition coefficient (Wildman–Crippen LogP) is 3.89. The Morgan fingerprint density at radius 2 is 1.40 bits per heavy atom. The van der Waals surface area contributed by atoms with Crippen LogP contribution in [0.25, 0.3) is 0 Å². The third-order valence-electron chi connectivity index (χ3n) is 2.47. The van der Waals surface area contributed by atoms with E-state index in [9.17, 15) is 9.59 Å². The van der Waals surface area contributed by atoms with E-state index < -0.39 is 23.4 Å². The van der Waals surface area contributed by atoms with E-state index in [1.165, 1.54) is 0 Å². The minimum Gasteiger partial charge on any atom is -0.444 e. The van der Waals surface area contributed by atoms with Gasteiger partial charge in [-0.05, 0) is 59.7 Å². The number of hydrogen-bond acceptors (Lipinski definition) is 6. The molecule has 1 rings (SSSR count). The van der Waals surface area contributed by atoms with Crippen molar-refractivity contribution in [2.75, 3.05) is 17.7 Å². The van der Waals surface area contributed by atoms with Crippen LogP contribution in [0.1, 0.15) is 41.5 Å². The first-order valence-electron chi connectivity index (χ1n) is 7.87. The standard InChI is InChI=1S/C17H27N3O5/c1-16(2,3)23-14(21)19-11-8-9-13(25-18-7)12(10-11)20-15(22)24-17(4,5)6/h8-10,18H,1-7H3,(H,19,21)(H,20,22). The van der Waals surface area contributed by atoms with Crippen molar-refractivity contribution in [3.8, 4) is 5.75 Å². The first-order chi connectivity index (χ1) is 11.4. The van der Waals surface area contributed by atoms with E-state index in [0.29, 0.717) is 17.1 Å².